The van der Waals surface area contributed by atoms with Crippen molar-refractivity contribution in [3.63, 3.8) is 0 Å². The lowest BCUT2D eigenvalue weighted by atomic mass is 10.0. The van der Waals surface area contributed by atoms with Gasteiger partial charge in [-0.25, -0.2) is 4.79 Å². The summed E-state index contributed by atoms with van der Waals surface area (Å²) in [7, 11) is 0. The summed E-state index contributed by atoms with van der Waals surface area (Å²) in [5.41, 5.74) is 0.122. The number of phenols is 1. The molecule has 0 aliphatic carbocycles. The Kier molecular flexibility index (Phi) is 2.40. The molecule has 6 nitrogen and oxygen atoms in total. The normalized spacial score (nSPS) is 14.5. The van der Waals surface area contributed by atoms with Gasteiger partial charge in [0.05, 0.1) is 5.57 Å². The zero-order valence-electron chi connectivity index (χ0n) is 8.43. The smallest absolute Gasteiger partial charge is 0.339 e. The number of carbonyl (C=O) groups is 3. The lowest BCUT2D eigenvalue weighted by molar-refractivity contribution is -0.123. The van der Waals surface area contributed by atoms with Crippen LogP contribution in [0.1, 0.15) is 15.9 Å². The summed E-state index contributed by atoms with van der Waals surface area (Å²) >= 11 is 0. The minimum absolute atomic E-state index is 0.0993. The van der Waals surface area contributed by atoms with Crippen molar-refractivity contribution in [1.29, 1.82) is 0 Å². The second-order valence-electron chi connectivity index (χ2n) is 3.41. The number of aromatic hydroxyl groups is 1. The van der Waals surface area contributed by atoms with Gasteiger partial charge in [-0.1, -0.05) is 6.07 Å². The van der Waals surface area contributed by atoms with Gasteiger partial charge in [-0.15, -0.1) is 0 Å². The number of hydrogen-bond acceptors (Lipinski definition) is 4. The Morgan fingerprint density at radius 2 is 1.94 bits per heavy atom. The Balaban J connectivity index is 2.46. The average Bonchev–Trinajstić information content (AvgIpc) is 2.57. The van der Waals surface area contributed by atoms with Gasteiger partial charge in [-0.3, -0.25) is 14.9 Å². The number of carbonyl (C=O) groups excluding carboxylic acids is 2. The lowest BCUT2D eigenvalue weighted by Gasteiger charge is -2.03. The third kappa shape index (κ3) is 1.87. The number of benzene rings is 1. The molecule has 0 bridgehead atoms. The first kappa shape index (κ1) is 10.9. The van der Waals surface area contributed by atoms with Crippen molar-refractivity contribution in [1.82, 2.24) is 5.32 Å². The Morgan fingerprint density at radius 1 is 1.24 bits per heavy atom. The van der Waals surface area contributed by atoms with Gasteiger partial charge >= 0.3 is 5.97 Å². The maximum absolute atomic E-state index is 11.3. The van der Waals surface area contributed by atoms with E-state index in [0.29, 0.717) is 0 Å². The van der Waals surface area contributed by atoms with Gasteiger partial charge in [0.1, 0.15) is 11.3 Å². The van der Waals surface area contributed by atoms with Gasteiger partial charge in [-0.05, 0) is 17.7 Å². The largest absolute Gasteiger partial charge is 0.507 e. The molecule has 1 heterocycles. The third-order valence-electron chi connectivity index (χ3n) is 2.30. The maximum Gasteiger partial charge on any atom is 0.339 e. The fraction of sp³-hybridized carbons (Fsp3) is 0. The van der Waals surface area contributed by atoms with Crippen LogP contribution in [0, 0.1) is 0 Å². The minimum Gasteiger partial charge on any atom is -0.507 e. The lowest BCUT2D eigenvalue weighted by Crippen LogP contribution is -2.21. The van der Waals surface area contributed by atoms with E-state index in [1.54, 1.807) is 0 Å². The van der Waals surface area contributed by atoms with E-state index in [0.717, 1.165) is 12.1 Å². The second kappa shape index (κ2) is 3.75. The van der Waals surface area contributed by atoms with Crippen LogP contribution in [-0.4, -0.2) is 28.0 Å². The van der Waals surface area contributed by atoms with E-state index in [-0.39, 0.29) is 16.7 Å². The zero-order valence-corrected chi connectivity index (χ0v) is 8.43. The minimum atomic E-state index is -1.27. The van der Waals surface area contributed by atoms with Gasteiger partial charge in [0.15, 0.2) is 0 Å². The third-order valence-corrected chi connectivity index (χ3v) is 2.30. The molecule has 0 saturated heterocycles. The monoisotopic (exact) mass is 233 g/mol. The van der Waals surface area contributed by atoms with Crippen LogP contribution in [0.5, 0.6) is 5.75 Å². The van der Waals surface area contributed by atoms with Crippen LogP contribution < -0.4 is 5.32 Å². The molecule has 0 fully saturated rings. The highest BCUT2D eigenvalue weighted by Crippen LogP contribution is 2.25. The average molecular weight is 233 g/mol. The molecular formula is C11H7NO5. The number of imide groups is 1. The summed E-state index contributed by atoms with van der Waals surface area (Å²) in [6, 6.07) is 3.66. The number of carboxylic acid groups (broad SMARTS) is 1. The molecule has 1 aliphatic rings. The number of aromatic carboxylic acids is 1. The molecule has 2 rings (SSSR count). The first-order chi connectivity index (χ1) is 7.99. The van der Waals surface area contributed by atoms with Crippen molar-refractivity contribution in [3.8, 4) is 5.75 Å². The molecule has 17 heavy (non-hydrogen) atoms. The van der Waals surface area contributed by atoms with Crippen LogP contribution in [0.25, 0.3) is 5.57 Å². The maximum atomic E-state index is 11.3. The second-order valence-corrected chi connectivity index (χ2v) is 3.41. The Bertz CT molecular complexity index is 573. The van der Waals surface area contributed by atoms with Gasteiger partial charge in [0.25, 0.3) is 11.8 Å². The summed E-state index contributed by atoms with van der Waals surface area (Å²) in [6.07, 6.45) is 1.09. The molecule has 1 aromatic carbocycles. The SMILES string of the molecule is O=C1C=C(c2ccc(C(=O)O)c(O)c2)C(=O)N1. The molecule has 2 amide bonds. The van der Waals surface area contributed by atoms with E-state index in [4.69, 9.17) is 5.11 Å². The fourth-order valence-corrected chi connectivity index (χ4v) is 1.51. The van der Waals surface area contributed by atoms with Crippen LogP contribution in [0.3, 0.4) is 0 Å². The molecule has 0 atom stereocenters. The molecule has 0 aromatic heterocycles. The Labute approximate surface area is 95.2 Å². The molecule has 6 heteroatoms. The number of rotatable bonds is 2. The predicted molar refractivity (Wildman–Crippen MR) is 56.2 cm³/mol. The highest BCUT2D eigenvalue weighted by molar-refractivity contribution is 6.33. The van der Waals surface area contributed by atoms with E-state index in [9.17, 15) is 19.5 Å². The van der Waals surface area contributed by atoms with Crippen molar-refractivity contribution >= 4 is 23.4 Å². The van der Waals surface area contributed by atoms with Crippen LogP contribution in [-0.2, 0) is 9.59 Å². The van der Waals surface area contributed by atoms with Crippen LogP contribution >= 0.6 is 0 Å². The van der Waals surface area contributed by atoms with E-state index < -0.39 is 23.5 Å². The van der Waals surface area contributed by atoms with Crippen molar-refractivity contribution < 1.29 is 24.6 Å². The first-order valence-corrected chi connectivity index (χ1v) is 4.62. The van der Waals surface area contributed by atoms with E-state index in [1.165, 1.54) is 12.1 Å². The van der Waals surface area contributed by atoms with Crippen LogP contribution in [0.2, 0.25) is 0 Å². The van der Waals surface area contributed by atoms with E-state index in [1.807, 2.05) is 0 Å². The number of hydrogen-bond donors (Lipinski definition) is 3. The molecule has 0 unspecified atom stereocenters. The Hall–Kier alpha value is -2.63. The topological polar surface area (TPSA) is 104 Å². The van der Waals surface area contributed by atoms with Crippen molar-refractivity contribution in [2.75, 3.05) is 0 Å². The molecular weight excluding hydrogens is 226 g/mol. The molecule has 1 aromatic rings. The summed E-state index contributed by atoms with van der Waals surface area (Å²) < 4.78 is 0. The number of carboxylic acids is 1. The molecule has 3 N–H and O–H groups in total. The van der Waals surface area contributed by atoms with Crippen molar-refractivity contribution in [3.05, 3.63) is 35.4 Å². The van der Waals surface area contributed by atoms with E-state index in [2.05, 4.69) is 5.32 Å². The summed E-state index contributed by atoms with van der Waals surface area (Å²) in [4.78, 5) is 32.9. The molecule has 1 aliphatic heterocycles. The predicted octanol–water partition coefficient (Wildman–Crippen LogP) is 0.130. The highest BCUT2D eigenvalue weighted by atomic mass is 16.4. The van der Waals surface area contributed by atoms with Gasteiger partial charge in [0, 0.05) is 6.08 Å². The molecule has 0 saturated carbocycles. The summed E-state index contributed by atoms with van der Waals surface area (Å²) in [5, 5.41) is 20.2. The number of nitrogens with one attached hydrogen (secondary N) is 1. The van der Waals surface area contributed by atoms with Crippen molar-refractivity contribution in [2.24, 2.45) is 0 Å². The standard InChI is InChI=1S/C11H7NO5/c13-8-3-5(1-2-6(8)11(16)17)7-4-9(14)12-10(7)15/h1-4,13H,(H,16,17)(H,12,14,15). The zero-order chi connectivity index (χ0) is 12.6. The summed E-state index contributed by atoms with van der Waals surface area (Å²) in [5.74, 6) is -2.83. The number of amides is 2. The molecule has 0 radical (unpaired) electrons. The summed E-state index contributed by atoms with van der Waals surface area (Å²) in [6.45, 7) is 0. The molecule has 0 spiro atoms. The fourth-order valence-electron chi connectivity index (χ4n) is 1.51. The van der Waals surface area contributed by atoms with Gasteiger partial charge in [0.2, 0.25) is 0 Å². The van der Waals surface area contributed by atoms with Crippen LogP contribution in [0.4, 0.5) is 0 Å². The molecule has 86 valence electrons. The quantitative estimate of drug-likeness (QED) is 0.630. The first-order valence-electron chi connectivity index (χ1n) is 4.62. The highest BCUT2D eigenvalue weighted by Gasteiger charge is 2.23. The van der Waals surface area contributed by atoms with Crippen LogP contribution in [0.15, 0.2) is 24.3 Å². The Morgan fingerprint density at radius 3 is 2.41 bits per heavy atom. The van der Waals surface area contributed by atoms with Gasteiger partial charge in [-0.2, -0.15) is 0 Å². The van der Waals surface area contributed by atoms with E-state index >= 15 is 0 Å². The van der Waals surface area contributed by atoms with Gasteiger partial charge < -0.3 is 10.2 Å². The van der Waals surface area contributed by atoms with Crippen molar-refractivity contribution in [2.45, 2.75) is 0 Å².